The van der Waals surface area contributed by atoms with Gasteiger partial charge in [-0.1, -0.05) is 0 Å². The van der Waals surface area contributed by atoms with Gasteiger partial charge in [0.2, 0.25) is 5.91 Å². The molecule has 0 spiro atoms. The van der Waals surface area contributed by atoms with Crippen molar-refractivity contribution in [1.82, 2.24) is 25.0 Å². The molecule has 156 valence electrons. The van der Waals surface area contributed by atoms with Gasteiger partial charge in [-0.25, -0.2) is 0 Å². The summed E-state index contributed by atoms with van der Waals surface area (Å²) in [5.74, 6) is 1.23. The van der Waals surface area contributed by atoms with Crippen molar-refractivity contribution < 1.29 is 19.1 Å². The zero-order valence-electron chi connectivity index (χ0n) is 17.0. The summed E-state index contributed by atoms with van der Waals surface area (Å²) in [4.78, 5) is 26.1. The summed E-state index contributed by atoms with van der Waals surface area (Å²) in [6.07, 6.45) is 3.19. The molecule has 1 aliphatic heterocycles. The Morgan fingerprint density at radius 1 is 1.24 bits per heavy atom. The van der Waals surface area contributed by atoms with E-state index in [-0.39, 0.29) is 30.6 Å². The van der Waals surface area contributed by atoms with Crippen LogP contribution in [0.25, 0.3) is 0 Å². The van der Waals surface area contributed by atoms with Crippen molar-refractivity contribution in [2.45, 2.75) is 31.9 Å². The van der Waals surface area contributed by atoms with Crippen molar-refractivity contribution >= 4 is 11.8 Å². The molecule has 0 saturated carbocycles. The second-order valence-corrected chi connectivity index (χ2v) is 7.15. The van der Waals surface area contributed by atoms with Gasteiger partial charge in [0.05, 0.1) is 6.04 Å². The monoisotopic (exact) mass is 401 g/mol. The molecular formula is C20H27N5O4. The van der Waals surface area contributed by atoms with E-state index in [1.165, 1.54) is 7.11 Å². The molecule has 9 heteroatoms. The summed E-state index contributed by atoms with van der Waals surface area (Å²) in [5.41, 5.74) is 0.548. The molecule has 2 heterocycles. The molecule has 2 amide bonds. The molecule has 0 unspecified atom stereocenters. The number of benzene rings is 1. The minimum atomic E-state index is -0.253. The van der Waals surface area contributed by atoms with Gasteiger partial charge in [-0.3, -0.25) is 9.59 Å². The van der Waals surface area contributed by atoms with Crippen LogP contribution in [0.2, 0.25) is 0 Å². The van der Waals surface area contributed by atoms with Crippen LogP contribution in [0.3, 0.4) is 0 Å². The minimum absolute atomic E-state index is 0.0110. The zero-order valence-corrected chi connectivity index (χ0v) is 17.0. The van der Waals surface area contributed by atoms with Crippen LogP contribution in [0, 0.1) is 0 Å². The van der Waals surface area contributed by atoms with E-state index in [9.17, 15) is 9.59 Å². The quantitative estimate of drug-likeness (QED) is 0.751. The maximum atomic E-state index is 12.5. The van der Waals surface area contributed by atoms with Crippen LogP contribution in [0.15, 0.2) is 30.6 Å². The summed E-state index contributed by atoms with van der Waals surface area (Å²) >= 11 is 0. The predicted molar refractivity (Wildman–Crippen MR) is 105 cm³/mol. The van der Waals surface area contributed by atoms with E-state index in [4.69, 9.17) is 9.47 Å². The highest BCUT2D eigenvalue weighted by Gasteiger charge is 2.24. The number of nitrogens with one attached hydrogen (secondary N) is 1. The lowest BCUT2D eigenvalue weighted by Crippen LogP contribution is -2.43. The normalized spacial score (nSPS) is 15.8. The smallest absolute Gasteiger partial charge is 0.251 e. The molecule has 1 atom stereocenters. The molecule has 2 aromatic rings. The Labute approximate surface area is 170 Å². The number of carbonyl (C=O) groups excluding carboxylic acids is 2. The summed E-state index contributed by atoms with van der Waals surface area (Å²) in [7, 11) is 3.36. The van der Waals surface area contributed by atoms with Crippen molar-refractivity contribution in [2.75, 3.05) is 26.8 Å². The molecule has 1 N–H and O–H groups in total. The second kappa shape index (κ2) is 9.51. The molecule has 29 heavy (non-hydrogen) atoms. The Morgan fingerprint density at radius 2 is 1.93 bits per heavy atom. The Balaban J connectivity index is 1.49. The number of rotatable bonds is 7. The Morgan fingerprint density at radius 3 is 2.52 bits per heavy atom. The van der Waals surface area contributed by atoms with Crippen molar-refractivity contribution in [1.29, 1.82) is 0 Å². The van der Waals surface area contributed by atoms with Crippen LogP contribution in [0.1, 0.15) is 42.0 Å². The molecule has 1 aromatic carbocycles. The van der Waals surface area contributed by atoms with Crippen LogP contribution < -0.4 is 10.1 Å². The molecule has 1 saturated heterocycles. The highest BCUT2D eigenvalue weighted by Crippen LogP contribution is 2.20. The lowest BCUT2D eigenvalue weighted by Gasteiger charge is -2.32. The van der Waals surface area contributed by atoms with Gasteiger partial charge < -0.3 is 24.3 Å². The number of nitrogens with zero attached hydrogens (tertiary/aromatic N) is 4. The van der Waals surface area contributed by atoms with Crippen molar-refractivity contribution in [3.05, 3.63) is 42.0 Å². The van der Waals surface area contributed by atoms with Crippen LogP contribution >= 0.6 is 0 Å². The minimum Gasteiger partial charge on any atom is -0.490 e. The number of aromatic nitrogens is 3. The number of hydrogen-bond acceptors (Lipinski definition) is 6. The van der Waals surface area contributed by atoms with Crippen LogP contribution in [-0.4, -0.2) is 64.4 Å². The topological polar surface area (TPSA) is 98.6 Å². The van der Waals surface area contributed by atoms with E-state index in [2.05, 4.69) is 15.5 Å². The fourth-order valence-electron chi connectivity index (χ4n) is 3.34. The van der Waals surface area contributed by atoms with E-state index in [0.717, 1.165) is 12.8 Å². The van der Waals surface area contributed by atoms with Gasteiger partial charge in [-0.15, -0.1) is 10.2 Å². The zero-order chi connectivity index (χ0) is 20.8. The standard InChI is InChI=1S/C20H27N5O4/c1-14(19-23-21-13-24(19)2)22-20(27)15-4-6-16(7-5-15)29-17-8-10-25(11-9-17)18(26)12-28-3/h4-7,13-14,17H,8-12H2,1-3H3,(H,22,27)/t14-/m0/s1. The van der Waals surface area contributed by atoms with Crippen LogP contribution in [0.4, 0.5) is 0 Å². The maximum absolute atomic E-state index is 12.5. The van der Waals surface area contributed by atoms with Crippen molar-refractivity contribution in [3.63, 3.8) is 0 Å². The number of carbonyl (C=O) groups is 2. The van der Waals surface area contributed by atoms with E-state index < -0.39 is 0 Å². The fraction of sp³-hybridized carbons (Fsp3) is 0.500. The Hall–Kier alpha value is -2.94. The van der Waals surface area contributed by atoms with Gasteiger partial charge in [0.1, 0.15) is 24.8 Å². The van der Waals surface area contributed by atoms with Gasteiger partial charge in [-0.05, 0) is 31.2 Å². The molecule has 0 aliphatic carbocycles. The molecule has 1 aliphatic rings. The summed E-state index contributed by atoms with van der Waals surface area (Å²) < 4.78 is 12.7. The lowest BCUT2D eigenvalue weighted by molar-refractivity contribution is -0.136. The highest BCUT2D eigenvalue weighted by molar-refractivity contribution is 5.94. The first-order chi connectivity index (χ1) is 14.0. The summed E-state index contributed by atoms with van der Waals surface area (Å²) in [6, 6.07) is 6.82. The number of likely N-dealkylation sites (tertiary alicyclic amines) is 1. The van der Waals surface area contributed by atoms with E-state index >= 15 is 0 Å². The summed E-state index contributed by atoms with van der Waals surface area (Å²) in [5, 5.41) is 10.8. The first kappa shape index (κ1) is 20.8. The third-order valence-corrected chi connectivity index (χ3v) is 4.96. The largest absolute Gasteiger partial charge is 0.490 e. The molecule has 3 rings (SSSR count). The van der Waals surface area contributed by atoms with Gasteiger partial charge >= 0.3 is 0 Å². The third kappa shape index (κ3) is 5.32. The number of amides is 2. The third-order valence-electron chi connectivity index (χ3n) is 4.96. The van der Waals surface area contributed by atoms with Crippen molar-refractivity contribution in [3.8, 4) is 5.75 Å². The lowest BCUT2D eigenvalue weighted by atomic mass is 10.1. The number of aryl methyl sites for hydroxylation is 1. The van der Waals surface area contributed by atoms with Crippen LogP contribution in [0.5, 0.6) is 5.75 Å². The number of methoxy groups -OCH3 is 1. The van der Waals surface area contributed by atoms with Gasteiger partial charge in [0.15, 0.2) is 5.82 Å². The Kier molecular flexibility index (Phi) is 6.82. The van der Waals surface area contributed by atoms with E-state index in [0.29, 0.717) is 30.2 Å². The molecular weight excluding hydrogens is 374 g/mol. The second-order valence-electron chi connectivity index (χ2n) is 7.15. The fourth-order valence-corrected chi connectivity index (χ4v) is 3.34. The number of ether oxygens (including phenoxy) is 2. The molecule has 1 aromatic heterocycles. The predicted octanol–water partition coefficient (Wildman–Crippen LogP) is 1.32. The molecule has 9 nitrogen and oxygen atoms in total. The van der Waals surface area contributed by atoms with Crippen molar-refractivity contribution in [2.24, 2.45) is 7.05 Å². The summed E-state index contributed by atoms with van der Waals surface area (Å²) in [6.45, 7) is 3.30. The van der Waals surface area contributed by atoms with Crippen LogP contribution in [-0.2, 0) is 16.6 Å². The molecule has 0 radical (unpaired) electrons. The highest BCUT2D eigenvalue weighted by atomic mass is 16.5. The Bertz CT molecular complexity index is 828. The average molecular weight is 401 g/mol. The molecule has 0 bridgehead atoms. The first-order valence-electron chi connectivity index (χ1n) is 9.66. The maximum Gasteiger partial charge on any atom is 0.251 e. The number of hydrogen-bond donors (Lipinski definition) is 1. The average Bonchev–Trinajstić information content (AvgIpc) is 3.15. The van der Waals surface area contributed by atoms with E-state index in [1.54, 1.807) is 40.1 Å². The first-order valence-corrected chi connectivity index (χ1v) is 9.66. The molecule has 1 fully saturated rings. The van der Waals surface area contributed by atoms with Gasteiger partial charge in [-0.2, -0.15) is 0 Å². The van der Waals surface area contributed by atoms with E-state index in [1.807, 2.05) is 14.0 Å². The SMILES string of the molecule is COCC(=O)N1CCC(Oc2ccc(C(=O)N[C@@H](C)c3nncn3C)cc2)CC1. The van der Waals surface area contributed by atoms with Gasteiger partial charge in [0, 0.05) is 45.7 Å². The van der Waals surface area contributed by atoms with Gasteiger partial charge in [0.25, 0.3) is 5.91 Å². The number of piperidine rings is 1.